The summed E-state index contributed by atoms with van der Waals surface area (Å²) in [7, 11) is 0. The molecule has 1 atom stereocenters. The van der Waals surface area contributed by atoms with Gasteiger partial charge in [0.05, 0.1) is 18.4 Å². The normalized spacial score (nSPS) is 15.5. The molecule has 116 valence electrons. The van der Waals surface area contributed by atoms with Gasteiger partial charge in [0.1, 0.15) is 6.04 Å². The highest BCUT2D eigenvalue weighted by molar-refractivity contribution is 5.65. The van der Waals surface area contributed by atoms with E-state index in [1.54, 1.807) is 19.2 Å². The Bertz CT molecular complexity index is 668. The summed E-state index contributed by atoms with van der Waals surface area (Å²) >= 11 is 0. The van der Waals surface area contributed by atoms with E-state index in [-0.39, 0.29) is 5.89 Å². The van der Waals surface area contributed by atoms with Crippen molar-refractivity contribution >= 4 is 6.09 Å². The minimum absolute atomic E-state index is 0.213. The van der Waals surface area contributed by atoms with E-state index in [0.29, 0.717) is 18.5 Å². The Morgan fingerprint density at radius 2 is 2.41 bits per heavy atom. The van der Waals surface area contributed by atoms with Gasteiger partial charge in [-0.05, 0) is 31.9 Å². The second-order valence-corrected chi connectivity index (χ2v) is 5.17. The van der Waals surface area contributed by atoms with Crippen LogP contribution in [-0.4, -0.2) is 32.4 Å². The molecular formula is C14H16N4O4. The second-order valence-electron chi connectivity index (χ2n) is 5.17. The molecule has 1 saturated carbocycles. The zero-order chi connectivity index (χ0) is 15.5. The molecule has 2 aromatic rings. The number of carboxylic acid groups (broad SMARTS) is 1. The molecule has 2 aromatic heterocycles. The Balaban J connectivity index is 1.71. The van der Waals surface area contributed by atoms with Gasteiger partial charge in [-0.25, -0.2) is 4.79 Å². The average molecular weight is 304 g/mol. The molecule has 0 aromatic carbocycles. The molecule has 3 rings (SSSR count). The first-order valence-electron chi connectivity index (χ1n) is 7.02. The number of ether oxygens (including phenoxy) is 1. The topological polar surface area (TPSA) is 110 Å². The van der Waals surface area contributed by atoms with Gasteiger partial charge in [0.25, 0.3) is 0 Å². The Labute approximate surface area is 126 Å². The monoisotopic (exact) mass is 304 g/mol. The lowest BCUT2D eigenvalue weighted by Crippen LogP contribution is -2.24. The molecule has 0 aliphatic heterocycles. The number of nitrogens with one attached hydrogen (secondary N) is 1. The molecule has 1 aliphatic rings. The SMILES string of the molecule is CC(NC(=O)O)c1nc(-c2ccnc(COC3CC3)c2)no1. The number of rotatable bonds is 6. The summed E-state index contributed by atoms with van der Waals surface area (Å²) in [5.74, 6) is 0.606. The molecule has 0 radical (unpaired) electrons. The van der Waals surface area contributed by atoms with Crippen LogP contribution in [-0.2, 0) is 11.3 Å². The number of aromatic nitrogens is 3. The number of carbonyl (C=O) groups is 1. The number of pyridine rings is 1. The average Bonchev–Trinajstić information content (AvgIpc) is 3.18. The van der Waals surface area contributed by atoms with Crippen LogP contribution >= 0.6 is 0 Å². The van der Waals surface area contributed by atoms with Gasteiger partial charge >= 0.3 is 6.09 Å². The maximum atomic E-state index is 10.6. The van der Waals surface area contributed by atoms with Crippen molar-refractivity contribution in [3.8, 4) is 11.4 Å². The highest BCUT2D eigenvalue weighted by Gasteiger charge is 2.22. The summed E-state index contributed by atoms with van der Waals surface area (Å²) < 4.78 is 10.7. The van der Waals surface area contributed by atoms with Gasteiger partial charge in [-0.15, -0.1) is 0 Å². The first-order valence-corrected chi connectivity index (χ1v) is 7.02. The Kier molecular flexibility index (Phi) is 4.01. The first kappa shape index (κ1) is 14.5. The summed E-state index contributed by atoms with van der Waals surface area (Å²) in [6.07, 6.45) is 3.11. The quantitative estimate of drug-likeness (QED) is 0.841. The van der Waals surface area contributed by atoms with Gasteiger partial charge in [0, 0.05) is 11.8 Å². The third kappa shape index (κ3) is 3.59. The van der Waals surface area contributed by atoms with Gasteiger partial charge < -0.3 is 19.7 Å². The van der Waals surface area contributed by atoms with Crippen molar-refractivity contribution in [3.63, 3.8) is 0 Å². The predicted molar refractivity (Wildman–Crippen MR) is 74.9 cm³/mol. The van der Waals surface area contributed by atoms with Crippen LogP contribution in [0.1, 0.15) is 37.4 Å². The van der Waals surface area contributed by atoms with Crippen molar-refractivity contribution in [2.24, 2.45) is 0 Å². The van der Waals surface area contributed by atoms with Gasteiger partial charge in [0.15, 0.2) is 0 Å². The highest BCUT2D eigenvalue weighted by atomic mass is 16.5. The zero-order valence-electron chi connectivity index (χ0n) is 12.0. The van der Waals surface area contributed by atoms with E-state index in [1.807, 2.05) is 6.07 Å². The molecule has 1 fully saturated rings. The maximum absolute atomic E-state index is 10.6. The lowest BCUT2D eigenvalue weighted by atomic mass is 10.2. The highest BCUT2D eigenvalue weighted by Crippen LogP contribution is 2.25. The molecule has 8 nitrogen and oxygen atoms in total. The van der Waals surface area contributed by atoms with Crippen LogP contribution in [0.2, 0.25) is 0 Å². The Hall–Kier alpha value is -2.48. The minimum atomic E-state index is -1.14. The van der Waals surface area contributed by atoms with Gasteiger partial charge in [-0.3, -0.25) is 4.98 Å². The zero-order valence-corrected chi connectivity index (χ0v) is 12.0. The standard InChI is InChI=1S/C14H16N4O4/c1-8(16-14(19)20)13-17-12(18-22-13)9-4-5-15-10(6-9)7-21-11-2-3-11/h4-6,8,11,16H,2-3,7H2,1H3,(H,19,20). The second kappa shape index (κ2) is 6.10. The molecule has 0 saturated heterocycles. The maximum Gasteiger partial charge on any atom is 0.405 e. The Morgan fingerprint density at radius 1 is 1.59 bits per heavy atom. The lowest BCUT2D eigenvalue weighted by Gasteiger charge is -2.04. The smallest absolute Gasteiger partial charge is 0.405 e. The molecule has 2 N–H and O–H groups in total. The van der Waals surface area contributed by atoms with Crippen LogP contribution in [0.4, 0.5) is 4.79 Å². The van der Waals surface area contributed by atoms with Gasteiger partial charge in [0.2, 0.25) is 11.7 Å². The van der Waals surface area contributed by atoms with E-state index in [2.05, 4.69) is 20.4 Å². The van der Waals surface area contributed by atoms with E-state index in [9.17, 15) is 4.79 Å². The van der Waals surface area contributed by atoms with Crippen LogP contribution in [0.15, 0.2) is 22.9 Å². The fourth-order valence-electron chi connectivity index (χ4n) is 1.91. The van der Waals surface area contributed by atoms with Crippen molar-refractivity contribution in [2.75, 3.05) is 0 Å². The van der Waals surface area contributed by atoms with Crippen LogP contribution in [0.3, 0.4) is 0 Å². The van der Waals surface area contributed by atoms with E-state index in [0.717, 1.165) is 24.1 Å². The minimum Gasteiger partial charge on any atom is -0.465 e. The summed E-state index contributed by atoms with van der Waals surface area (Å²) in [5.41, 5.74) is 1.55. The Morgan fingerprint density at radius 3 is 3.14 bits per heavy atom. The van der Waals surface area contributed by atoms with E-state index >= 15 is 0 Å². The lowest BCUT2D eigenvalue weighted by molar-refractivity contribution is 0.103. The fraction of sp³-hybridized carbons (Fsp3) is 0.429. The van der Waals surface area contributed by atoms with Gasteiger partial charge in [-0.1, -0.05) is 5.16 Å². The number of hydrogen-bond donors (Lipinski definition) is 2. The number of amides is 1. The number of nitrogens with zero attached hydrogens (tertiary/aromatic N) is 3. The largest absolute Gasteiger partial charge is 0.465 e. The van der Waals surface area contributed by atoms with Gasteiger partial charge in [-0.2, -0.15) is 4.98 Å². The van der Waals surface area contributed by atoms with E-state index in [4.69, 9.17) is 14.4 Å². The van der Waals surface area contributed by atoms with Crippen LogP contribution < -0.4 is 5.32 Å². The summed E-state index contributed by atoms with van der Waals surface area (Å²) in [6, 6.07) is 3.04. The third-order valence-electron chi connectivity index (χ3n) is 3.22. The molecule has 0 bridgehead atoms. The molecule has 22 heavy (non-hydrogen) atoms. The van der Waals surface area contributed by atoms with Crippen molar-refractivity contribution in [1.82, 2.24) is 20.4 Å². The van der Waals surface area contributed by atoms with Crippen LogP contribution in [0.25, 0.3) is 11.4 Å². The molecule has 2 heterocycles. The molecular weight excluding hydrogens is 288 g/mol. The fourth-order valence-corrected chi connectivity index (χ4v) is 1.91. The molecule has 0 spiro atoms. The van der Waals surface area contributed by atoms with E-state index < -0.39 is 12.1 Å². The van der Waals surface area contributed by atoms with E-state index in [1.165, 1.54) is 0 Å². The predicted octanol–water partition coefficient (Wildman–Crippen LogP) is 2.14. The van der Waals surface area contributed by atoms with Crippen LogP contribution in [0.5, 0.6) is 0 Å². The van der Waals surface area contributed by atoms with Crippen molar-refractivity contribution < 1.29 is 19.2 Å². The third-order valence-corrected chi connectivity index (χ3v) is 3.22. The summed E-state index contributed by atoms with van der Waals surface area (Å²) in [6.45, 7) is 2.09. The molecule has 1 amide bonds. The molecule has 1 aliphatic carbocycles. The molecule has 1 unspecified atom stereocenters. The van der Waals surface area contributed by atoms with Crippen molar-refractivity contribution in [3.05, 3.63) is 29.9 Å². The van der Waals surface area contributed by atoms with Crippen molar-refractivity contribution in [2.45, 2.75) is 38.5 Å². The number of hydrogen-bond acceptors (Lipinski definition) is 6. The van der Waals surface area contributed by atoms with Crippen LogP contribution in [0, 0.1) is 0 Å². The molecule has 8 heteroatoms. The summed E-state index contributed by atoms with van der Waals surface area (Å²) in [4.78, 5) is 19.1. The summed E-state index contributed by atoms with van der Waals surface area (Å²) in [5, 5.41) is 14.8. The first-order chi connectivity index (χ1) is 10.6. The van der Waals surface area contributed by atoms with Crippen molar-refractivity contribution in [1.29, 1.82) is 0 Å².